The van der Waals surface area contributed by atoms with Gasteiger partial charge in [0, 0.05) is 13.1 Å². The van der Waals surface area contributed by atoms with E-state index in [1.54, 1.807) is 4.90 Å². The Hall–Kier alpha value is -1.71. The number of hydrogen-bond acceptors (Lipinski definition) is 7. The molecule has 0 aromatic rings. The summed E-state index contributed by atoms with van der Waals surface area (Å²) in [6, 6.07) is 0. The molecule has 0 radical (unpaired) electrons. The van der Waals surface area contributed by atoms with Gasteiger partial charge in [-0.2, -0.15) is 0 Å². The highest BCUT2D eigenvalue weighted by molar-refractivity contribution is 5.91. The van der Waals surface area contributed by atoms with Crippen LogP contribution in [0.3, 0.4) is 0 Å². The summed E-state index contributed by atoms with van der Waals surface area (Å²) in [4.78, 5) is 36.4. The second-order valence-electron chi connectivity index (χ2n) is 8.45. The Bertz CT molecular complexity index is 521. The Labute approximate surface area is 167 Å². The second-order valence-corrected chi connectivity index (χ2v) is 8.45. The molecule has 1 rings (SSSR count). The van der Waals surface area contributed by atoms with Crippen molar-refractivity contribution in [1.29, 1.82) is 0 Å². The summed E-state index contributed by atoms with van der Waals surface area (Å²) in [5.41, 5.74) is -0.870. The molecule has 9 heteroatoms. The van der Waals surface area contributed by atoms with Crippen LogP contribution < -0.4 is 5.48 Å². The van der Waals surface area contributed by atoms with Gasteiger partial charge < -0.3 is 19.5 Å². The Balaban J connectivity index is 0.000000769. The van der Waals surface area contributed by atoms with Crippen molar-refractivity contribution in [2.75, 3.05) is 33.4 Å². The van der Waals surface area contributed by atoms with Crippen LogP contribution in [0, 0.1) is 17.3 Å². The lowest BCUT2D eigenvalue weighted by atomic mass is 9.81. The van der Waals surface area contributed by atoms with Crippen molar-refractivity contribution in [1.82, 2.24) is 10.4 Å². The normalized spacial score (nSPS) is 17.7. The van der Waals surface area contributed by atoms with Crippen molar-refractivity contribution in [2.45, 2.75) is 53.6 Å². The zero-order valence-corrected chi connectivity index (χ0v) is 18.1. The highest BCUT2D eigenvalue weighted by Gasteiger charge is 2.45. The summed E-state index contributed by atoms with van der Waals surface area (Å²) in [6.07, 6.45) is 0.358. The maximum Gasteiger partial charge on any atom is 0.310 e. The maximum absolute atomic E-state index is 12.5. The van der Waals surface area contributed by atoms with Gasteiger partial charge in [-0.05, 0) is 40.0 Å². The number of nitrogens with one attached hydrogen (secondary N) is 1. The van der Waals surface area contributed by atoms with Crippen molar-refractivity contribution in [2.24, 2.45) is 17.3 Å². The van der Waals surface area contributed by atoms with Crippen LogP contribution in [0.25, 0.3) is 0 Å². The number of nitrogens with zero attached hydrogens (tertiary/aromatic N) is 1. The molecule has 0 spiro atoms. The number of aliphatic hydroxyl groups is 1. The molecule has 1 aliphatic rings. The molecule has 9 nitrogen and oxygen atoms in total. The smallest absolute Gasteiger partial charge is 0.310 e. The fraction of sp³-hybridized carbons (Fsp3) is 0.842. The van der Waals surface area contributed by atoms with E-state index in [0.29, 0.717) is 32.7 Å². The van der Waals surface area contributed by atoms with Crippen LogP contribution in [0.5, 0.6) is 0 Å². The maximum atomic E-state index is 12.5. The lowest BCUT2D eigenvalue weighted by Gasteiger charge is -2.36. The van der Waals surface area contributed by atoms with Gasteiger partial charge in [0.05, 0.1) is 31.7 Å². The molecule has 1 aliphatic heterocycles. The molecule has 0 aromatic heterocycles. The van der Waals surface area contributed by atoms with Gasteiger partial charge in [-0.25, -0.2) is 5.48 Å². The highest BCUT2D eigenvalue weighted by Crippen LogP contribution is 2.27. The monoisotopic (exact) mass is 404 g/mol. The van der Waals surface area contributed by atoms with Crippen LogP contribution in [0.4, 0.5) is 0 Å². The molecule has 0 aliphatic carbocycles. The van der Waals surface area contributed by atoms with E-state index in [0.717, 1.165) is 0 Å². The average molecular weight is 405 g/mol. The van der Waals surface area contributed by atoms with Gasteiger partial charge in [-0.1, -0.05) is 13.8 Å². The van der Waals surface area contributed by atoms with E-state index in [4.69, 9.17) is 9.94 Å². The van der Waals surface area contributed by atoms with Crippen LogP contribution in [-0.4, -0.2) is 72.0 Å². The molecule has 1 heterocycles. The third kappa shape index (κ3) is 8.12. The number of esters is 1. The summed E-state index contributed by atoms with van der Waals surface area (Å²) < 4.78 is 9.66. The zero-order valence-electron chi connectivity index (χ0n) is 18.1. The van der Waals surface area contributed by atoms with E-state index in [1.165, 1.54) is 19.5 Å². The summed E-state index contributed by atoms with van der Waals surface area (Å²) >= 11 is 0. The molecular formula is C19H36N2O7. The van der Waals surface area contributed by atoms with Crippen molar-refractivity contribution in [3.05, 3.63) is 0 Å². The highest BCUT2D eigenvalue weighted by atomic mass is 16.5. The van der Waals surface area contributed by atoms with E-state index < -0.39 is 17.4 Å². The lowest BCUT2D eigenvalue weighted by Crippen LogP contribution is -2.56. The fourth-order valence-electron chi connectivity index (χ4n) is 2.62. The van der Waals surface area contributed by atoms with Gasteiger partial charge >= 0.3 is 5.97 Å². The van der Waals surface area contributed by atoms with Crippen LogP contribution in [0.1, 0.15) is 48.0 Å². The van der Waals surface area contributed by atoms with Gasteiger partial charge in [0.2, 0.25) is 5.91 Å². The molecule has 2 amide bonds. The first-order valence-electron chi connectivity index (χ1n) is 9.40. The Kier molecular flexibility index (Phi) is 10.6. The Morgan fingerprint density at radius 1 is 1.14 bits per heavy atom. The zero-order chi connectivity index (χ0) is 22.1. The number of ether oxygens (including phenoxy) is 2. The molecule has 1 saturated heterocycles. The first-order chi connectivity index (χ1) is 12.8. The predicted octanol–water partition coefficient (Wildman–Crippen LogP) is 0.969. The van der Waals surface area contributed by atoms with Crippen LogP contribution in [0.2, 0.25) is 0 Å². The topological polar surface area (TPSA) is 125 Å². The van der Waals surface area contributed by atoms with Gasteiger partial charge in [0.1, 0.15) is 0 Å². The van der Waals surface area contributed by atoms with E-state index >= 15 is 0 Å². The number of hydrogen-bond donors (Lipinski definition) is 3. The number of carbonyl (C=O) groups is 3. The number of hydroxylamine groups is 1. The van der Waals surface area contributed by atoms with E-state index in [2.05, 4.69) is 4.74 Å². The fourth-order valence-corrected chi connectivity index (χ4v) is 2.62. The minimum Gasteiger partial charge on any atom is -0.469 e. The second kappa shape index (κ2) is 11.3. The van der Waals surface area contributed by atoms with Gasteiger partial charge in [-0.15, -0.1) is 0 Å². The van der Waals surface area contributed by atoms with Gasteiger partial charge in [0.25, 0.3) is 5.91 Å². The number of rotatable bonds is 5. The Morgan fingerprint density at radius 3 is 1.96 bits per heavy atom. The van der Waals surface area contributed by atoms with Crippen molar-refractivity contribution < 1.29 is 34.2 Å². The van der Waals surface area contributed by atoms with Crippen molar-refractivity contribution >= 4 is 17.8 Å². The van der Waals surface area contributed by atoms with Crippen molar-refractivity contribution in [3.8, 4) is 0 Å². The van der Waals surface area contributed by atoms with Crippen molar-refractivity contribution in [3.63, 3.8) is 0 Å². The number of amides is 2. The van der Waals surface area contributed by atoms with Crippen LogP contribution in [-0.2, 0) is 23.9 Å². The average Bonchev–Trinajstić information content (AvgIpc) is 2.64. The summed E-state index contributed by atoms with van der Waals surface area (Å²) in [5, 5.41) is 19.1. The summed E-state index contributed by atoms with van der Waals surface area (Å²) in [6.45, 7) is 12.3. The van der Waals surface area contributed by atoms with Crippen LogP contribution in [0.15, 0.2) is 0 Å². The largest absolute Gasteiger partial charge is 0.469 e. The first-order valence-corrected chi connectivity index (χ1v) is 9.40. The SMILES string of the molecule is CC(C)CC(C(=O)N1CCOCC1)[C@@](C)(O)C(=O)NO.COC(=O)C(C)(C)C. The molecule has 0 bridgehead atoms. The molecule has 0 saturated carbocycles. The number of morpholine rings is 1. The minimum absolute atomic E-state index is 0.128. The van der Waals surface area contributed by atoms with Crippen LogP contribution >= 0.6 is 0 Å². The summed E-state index contributed by atoms with van der Waals surface area (Å²) in [7, 11) is 1.40. The predicted molar refractivity (Wildman–Crippen MR) is 102 cm³/mol. The standard InChI is InChI=1S/C13H24N2O5.C6H12O2/c1-9(2)8-10(13(3,18)12(17)14-19)11(16)15-4-6-20-7-5-15;1-6(2,3)5(7)8-4/h9-10,18-19H,4-8H2,1-3H3,(H,14,17);1-4H3/t10?,13-;/m1./s1. The molecular weight excluding hydrogens is 368 g/mol. The lowest BCUT2D eigenvalue weighted by molar-refractivity contribution is -0.164. The Morgan fingerprint density at radius 2 is 1.64 bits per heavy atom. The van der Waals surface area contributed by atoms with E-state index in [-0.39, 0.29) is 23.2 Å². The number of methoxy groups -OCH3 is 1. The molecule has 1 unspecified atom stereocenters. The molecule has 1 fully saturated rings. The first kappa shape index (κ1) is 26.3. The molecule has 164 valence electrons. The minimum atomic E-state index is -1.95. The molecule has 28 heavy (non-hydrogen) atoms. The van der Waals surface area contributed by atoms with E-state index in [9.17, 15) is 19.5 Å². The third-order valence-corrected chi connectivity index (χ3v) is 4.37. The number of carbonyl (C=O) groups excluding carboxylic acids is 3. The van der Waals surface area contributed by atoms with E-state index in [1.807, 2.05) is 34.6 Å². The summed E-state index contributed by atoms with van der Waals surface area (Å²) in [5.74, 6) is -2.19. The van der Waals surface area contributed by atoms with Gasteiger partial charge in [0.15, 0.2) is 5.60 Å². The van der Waals surface area contributed by atoms with Gasteiger partial charge in [-0.3, -0.25) is 19.6 Å². The quantitative estimate of drug-likeness (QED) is 0.354. The molecule has 2 atom stereocenters. The molecule has 3 N–H and O–H groups in total. The molecule has 0 aromatic carbocycles. The third-order valence-electron chi connectivity index (χ3n) is 4.37.